The van der Waals surface area contributed by atoms with E-state index in [0.717, 1.165) is 42.0 Å². The number of likely N-dealkylation sites (tertiary alicyclic amines) is 1. The van der Waals surface area contributed by atoms with Gasteiger partial charge in [-0.1, -0.05) is 24.3 Å². The van der Waals surface area contributed by atoms with Crippen LogP contribution in [0.25, 0.3) is 11.1 Å². The number of carbonyl (C=O) groups is 1. The van der Waals surface area contributed by atoms with Crippen LogP contribution in [-0.2, 0) is 18.4 Å². The summed E-state index contributed by atoms with van der Waals surface area (Å²) in [4.78, 5) is 19.4. The van der Waals surface area contributed by atoms with Gasteiger partial charge in [0, 0.05) is 25.1 Å². The number of aromatic nitrogens is 2. The molecule has 1 atom stereocenters. The molecular weight excluding hydrogens is 355 g/mol. The molecule has 0 unspecified atom stereocenters. The zero-order valence-electron chi connectivity index (χ0n) is 15.8. The Bertz CT molecular complexity index is 967. The third-order valence-electron chi connectivity index (χ3n) is 5.24. The van der Waals surface area contributed by atoms with Gasteiger partial charge in [0.15, 0.2) is 0 Å². The van der Waals surface area contributed by atoms with Crippen LogP contribution in [0, 0.1) is 5.82 Å². The van der Waals surface area contributed by atoms with E-state index in [-0.39, 0.29) is 17.8 Å². The van der Waals surface area contributed by atoms with E-state index in [2.05, 4.69) is 15.2 Å². The first kappa shape index (κ1) is 18.4. The van der Waals surface area contributed by atoms with E-state index < -0.39 is 0 Å². The van der Waals surface area contributed by atoms with Gasteiger partial charge in [-0.05, 0) is 54.8 Å². The van der Waals surface area contributed by atoms with Crippen molar-refractivity contribution in [3.63, 3.8) is 0 Å². The number of hydrogen-bond donors (Lipinski definition) is 1. The summed E-state index contributed by atoms with van der Waals surface area (Å²) in [5, 5.41) is 3.02. The van der Waals surface area contributed by atoms with Gasteiger partial charge >= 0.3 is 0 Å². The Morgan fingerprint density at radius 1 is 1.21 bits per heavy atom. The highest BCUT2D eigenvalue weighted by molar-refractivity contribution is 5.95. The minimum Gasteiger partial charge on any atom is -0.337 e. The van der Waals surface area contributed by atoms with E-state index in [1.54, 1.807) is 12.3 Å². The van der Waals surface area contributed by atoms with Gasteiger partial charge in [-0.15, -0.1) is 0 Å². The Kier molecular flexibility index (Phi) is 5.21. The standard InChI is InChI=1S/C22H23FN4O/c1-26-13-11-24-21(26)15-27-12-3-6-20(27)22(28)25-19-9-7-16(8-10-19)17-4-2-5-18(23)14-17/h2,4-5,7-11,13-14,20H,3,6,12,15H2,1H3,(H,25,28)/t20-/m0/s1. The monoisotopic (exact) mass is 378 g/mol. The molecule has 3 aromatic rings. The number of benzene rings is 2. The van der Waals surface area contributed by atoms with Crippen molar-refractivity contribution in [1.29, 1.82) is 0 Å². The topological polar surface area (TPSA) is 50.2 Å². The van der Waals surface area contributed by atoms with Crippen molar-refractivity contribution in [2.75, 3.05) is 11.9 Å². The summed E-state index contributed by atoms with van der Waals surface area (Å²) in [7, 11) is 1.97. The van der Waals surface area contributed by atoms with E-state index in [1.165, 1.54) is 12.1 Å². The van der Waals surface area contributed by atoms with E-state index in [4.69, 9.17) is 0 Å². The third kappa shape index (κ3) is 3.97. The number of nitrogens with zero attached hydrogens (tertiary/aromatic N) is 3. The summed E-state index contributed by atoms with van der Waals surface area (Å²) in [5.74, 6) is 0.702. The van der Waals surface area contributed by atoms with E-state index in [1.807, 2.05) is 48.1 Å². The number of aryl methyl sites for hydroxylation is 1. The van der Waals surface area contributed by atoms with Crippen LogP contribution in [-0.4, -0.2) is 32.9 Å². The first-order valence-corrected chi connectivity index (χ1v) is 9.47. The van der Waals surface area contributed by atoms with Crippen LogP contribution in [0.4, 0.5) is 10.1 Å². The zero-order valence-corrected chi connectivity index (χ0v) is 15.8. The SMILES string of the molecule is Cn1ccnc1CN1CCC[C@H]1C(=O)Nc1ccc(-c2cccc(F)c2)cc1. The maximum atomic E-state index is 13.4. The number of anilines is 1. The lowest BCUT2D eigenvalue weighted by Crippen LogP contribution is -2.39. The lowest BCUT2D eigenvalue weighted by molar-refractivity contribution is -0.120. The minimum atomic E-state index is -0.260. The molecule has 0 bridgehead atoms. The van der Waals surface area contributed by atoms with Gasteiger partial charge in [0.2, 0.25) is 5.91 Å². The van der Waals surface area contributed by atoms with Crippen LogP contribution in [0.5, 0.6) is 0 Å². The number of rotatable bonds is 5. The van der Waals surface area contributed by atoms with Gasteiger partial charge in [-0.2, -0.15) is 0 Å². The molecule has 1 N–H and O–H groups in total. The molecule has 4 rings (SSSR count). The Hall–Kier alpha value is -2.99. The minimum absolute atomic E-state index is 0.00483. The molecule has 1 amide bonds. The van der Waals surface area contributed by atoms with Gasteiger partial charge < -0.3 is 9.88 Å². The van der Waals surface area contributed by atoms with Crippen molar-refractivity contribution in [3.8, 4) is 11.1 Å². The molecule has 2 aromatic carbocycles. The predicted octanol–water partition coefficient (Wildman–Crippen LogP) is 3.83. The highest BCUT2D eigenvalue weighted by Crippen LogP contribution is 2.24. The largest absolute Gasteiger partial charge is 0.337 e. The fourth-order valence-corrected chi connectivity index (χ4v) is 3.68. The highest BCUT2D eigenvalue weighted by atomic mass is 19.1. The second-order valence-electron chi connectivity index (χ2n) is 7.16. The molecule has 1 aromatic heterocycles. The third-order valence-corrected chi connectivity index (χ3v) is 5.24. The molecule has 28 heavy (non-hydrogen) atoms. The predicted molar refractivity (Wildman–Crippen MR) is 107 cm³/mol. The number of imidazole rings is 1. The van der Waals surface area contributed by atoms with Crippen molar-refractivity contribution < 1.29 is 9.18 Å². The number of hydrogen-bond acceptors (Lipinski definition) is 3. The molecule has 0 saturated carbocycles. The fraction of sp³-hybridized carbons (Fsp3) is 0.273. The lowest BCUT2D eigenvalue weighted by atomic mass is 10.1. The number of nitrogens with one attached hydrogen (secondary N) is 1. The van der Waals surface area contributed by atoms with Gasteiger partial charge in [-0.3, -0.25) is 9.69 Å². The molecule has 1 saturated heterocycles. The van der Waals surface area contributed by atoms with E-state index in [9.17, 15) is 9.18 Å². The average molecular weight is 378 g/mol. The molecule has 2 heterocycles. The normalized spacial score (nSPS) is 17.0. The smallest absolute Gasteiger partial charge is 0.241 e. The molecule has 0 spiro atoms. The first-order valence-electron chi connectivity index (χ1n) is 9.47. The summed E-state index contributed by atoms with van der Waals surface area (Å²) in [5.41, 5.74) is 2.47. The van der Waals surface area contributed by atoms with Gasteiger partial charge in [0.1, 0.15) is 11.6 Å². The molecular formula is C22H23FN4O. The molecule has 144 valence electrons. The van der Waals surface area contributed by atoms with Gasteiger partial charge in [-0.25, -0.2) is 9.37 Å². The first-order chi connectivity index (χ1) is 13.6. The van der Waals surface area contributed by atoms with Crippen LogP contribution in [0.3, 0.4) is 0 Å². The zero-order chi connectivity index (χ0) is 19.5. The molecule has 5 nitrogen and oxygen atoms in total. The Labute approximate surface area is 163 Å². The Morgan fingerprint density at radius 3 is 2.75 bits per heavy atom. The average Bonchev–Trinajstić information content (AvgIpc) is 3.32. The van der Waals surface area contributed by atoms with Crippen LogP contribution < -0.4 is 5.32 Å². The molecule has 0 aliphatic carbocycles. The number of carbonyl (C=O) groups excluding carboxylic acids is 1. The molecule has 1 aliphatic heterocycles. The molecule has 6 heteroatoms. The molecule has 1 fully saturated rings. The second kappa shape index (κ2) is 7.94. The van der Waals surface area contributed by atoms with Crippen LogP contribution in [0.2, 0.25) is 0 Å². The van der Waals surface area contributed by atoms with Crippen molar-refractivity contribution in [2.45, 2.75) is 25.4 Å². The summed E-state index contributed by atoms with van der Waals surface area (Å²) in [6, 6.07) is 13.8. The number of amides is 1. The maximum absolute atomic E-state index is 13.4. The maximum Gasteiger partial charge on any atom is 0.241 e. The van der Waals surface area contributed by atoms with Crippen LogP contribution >= 0.6 is 0 Å². The van der Waals surface area contributed by atoms with Gasteiger partial charge in [0.05, 0.1) is 12.6 Å². The van der Waals surface area contributed by atoms with Crippen LogP contribution in [0.1, 0.15) is 18.7 Å². The van der Waals surface area contributed by atoms with Crippen molar-refractivity contribution in [3.05, 3.63) is 72.6 Å². The Morgan fingerprint density at radius 2 is 2.04 bits per heavy atom. The van der Waals surface area contributed by atoms with Crippen LogP contribution in [0.15, 0.2) is 60.9 Å². The summed E-state index contributed by atoms with van der Waals surface area (Å²) < 4.78 is 15.4. The molecule has 0 radical (unpaired) electrons. The molecule has 1 aliphatic rings. The van der Waals surface area contributed by atoms with Crippen molar-refractivity contribution in [2.24, 2.45) is 7.05 Å². The van der Waals surface area contributed by atoms with E-state index in [0.29, 0.717) is 6.54 Å². The number of halogens is 1. The summed E-state index contributed by atoms with van der Waals surface area (Å²) in [6.07, 6.45) is 5.54. The summed E-state index contributed by atoms with van der Waals surface area (Å²) >= 11 is 0. The van der Waals surface area contributed by atoms with Crippen molar-refractivity contribution >= 4 is 11.6 Å². The lowest BCUT2D eigenvalue weighted by Gasteiger charge is -2.23. The Balaban J connectivity index is 1.42. The van der Waals surface area contributed by atoms with Crippen molar-refractivity contribution in [1.82, 2.24) is 14.5 Å². The highest BCUT2D eigenvalue weighted by Gasteiger charge is 2.31. The van der Waals surface area contributed by atoms with E-state index >= 15 is 0 Å². The summed E-state index contributed by atoms with van der Waals surface area (Å²) in [6.45, 7) is 1.56. The fourth-order valence-electron chi connectivity index (χ4n) is 3.68. The second-order valence-corrected chi connectivity index (χ2v) is 7.16. The van der Waals surface area contributed by atoms with Gasteiger partial charge in [0.25, 0.3) is 0 Å². The quantitative estimate of drug-likeness (QED) is 0.734.